The van der Waals surface area contributed by atoms with Gasteiger partial charge in [-0.3, -0.25) is 4.79 Å². The molecule has 0 unspecified atom stereocenters. The number of rotatable bonds is 6. The lowest BCUT2D eigenvalue weighted by atomic mass is 10.1. The largest absolute Gasteiger partial charge is 0.497 e. The van der Waals surface area contributed by atoms with Crippen LogP contribution in [0.15, 0.2) is 41.3 Å². The summed E-state index contributed by atoms with van der Waals surface area (Å²) in [5.41, 5.74) is 0.650. The zero-order valence-electron chi connectivity index (χ0n) is 17.3. The number of methoxy groups -OCH3 is 2. The summed E-state index contributed by atoms with van der Waals surface area (Å²) in [7, 11) is -1.37. The number of nitrogens with zero attached hydrogens (tertiary/aromatic N) is 2. The fraction of sp³-hybridized carbons (Fsp3) is 0.286. The Bertz CT molecular complexity index is 1150. The Labute approximate surface area is 183 Å². The molecule has 172 valence electrons. The first-order valence-corrected chi connectivity index (χ1v) is 11.0. The molecular formula is C21H21F3N2O5S. The van der Waals surface area contributed by atoms with E-state index in [1.807, 2.05) is 0 Å². The molecule has 1 heterocycles. The van der Waals surface area contributed by atoms with Gasteiger partial charge in [-0.25, -0.2) is 21.6 Å². The summed E-state index contributed by atoms with van der Waals surface area (Å²) in [5.74, 6) is -4.33. The molecule has 0 aliphatic carbocycles. The van der Waals surface area contributed by atoms with E-state index in [0.717, 1.165) is 4.31 Å². The van der Waals surface area contributed by atoms with Crippen LogP contribution in [0, 0.1) is 17.5 Å². The van der Waals surface area contributed by atoms with Gasteiger partial charge in [0.05, 0.1) is 14.2 Å². The average molecular weight is 470 g/mol. The van der Waals surface area contributed by atoms with Crippen LogP contribution >= 0.6 is 0 Å². The van der Waals surface area contributed by atoms with E-state index in [4.69, 9.17) is 9.47 Å². The summed E-state index contributed by atoms with van der Waals surface area (Å²) < 4.78 is 77.2. The highest BCUT2D eigenvalue weighted by Crippen LogP contribution is 2.26. The summed E-state index contributed by atoms with van der Waals surface area (Å²) in [6, 6.07) is 6.36. The third-order valence-electron chi connectivity index (χ3n) is 5.01. The fourth-order valence-corrected chi connectivity index (χ4v) is 4.70. The maximum absolute atomic E-state index is 14.0. The average Bonchev–Trinajstić information content (AvgIpc) is 2.80. The molecule has 7 nitrogen and oxygen atoms in total. The molecule has 0 aromatic heterocycles. The molecule has 3 rings (SSSR count). The molecule has 0 N–H and O–H groups in total. The molecule has 0 spiro atoms. The first-order valence-electron chi connectivity index (χ1n) is 9.51. The van der Waals surface area contributed by atoms with E-state index in [1.165, 1.54) is 25.2 Å². The van der Waals surface area contributed by atoms with Crippen LogP contribution < -0.4 is 9.47 Å². The van der Waals surface area contributed by atoms with Crippen LogP contribution in [-0.2, 0) is 14.8 Å². The number of carbonyl (C=O) groups is 1. The second-order valence-corrected chi connectivity index (χ2v) is 8.75. The Kier molecular flexibility index (Phi) is 7.09. The van der Waals surface area contributed by atoms with Crippen LogP contribution in [0.5, 0.6) is 11.5 Å². The lowest BCUT2D eigenvalue weighted by molar-refractivity contribution is -0.127. The number of ether oxygens (including phenoxy) is 2. The van der Waals surface area contributed by atoms with Crippen LogP contribution in [0.3, 0.4) is 0 Å². The molecule has 1 amide bonds. The number of hydrogen-bond donors (Lipinski definition) is 0. The molecule has 0 radical (unpaired) electrons. The zero-order chi connectivity index (χ0) is 23.5. The van der Waals surface area contributed by atoms with Gasteiger partial charge in [-0.05, 0) is 30.3 Å². The monoisotopic (exact) mass is 470 g/mol. The Balaban J connectivity index is 1.67. The lowest BCUT2D eigenvalue weighted by Gasteiger charge is -2.33. The maximum Gasteiger partial charge on any atom is 0.246 e. The summed E-state index contributed by atoms with van der Waals surface area (Å²) >= 11 is 0. The molecule has 11 heteroatoms. The molecule has 1 saturated heterocycles. The van der Waals surface area contributed by atoms with Gasteiger partial charge in [0.25, 0.3) is 0 Å². The number of piperazine rings is 1. The molecule has 1 fully saturated rings. The molecule has 0 bridgehead atoms. The van der Waals surface area contributed by atoms with Crippen LogP contribution in [0.1, 0.15) is 5.56 Å². The quantitative estimate of drug-likeness (QED) is 0.479. The maximum atomic E-state index is 14.0. The van der Waals surface area contributed by atoms with Crippen molar-refractivity contribution in [2.45, 2.75) is 4.90 Å². The molecule has 1 aliphatic rings. The third-order valence-corrected chi connectivity index (χ3v) is 6.93. The van der Waals surface area contributed by atoms with Gasteiger partial charge in [0.1, 0.15) is 16.4 Å². The molecule has 1 aliphatic heterocycles. The molecule has 2 aromatic rings. The van der Waals surface area contributed by atoms with Gasteiger partial charge >= 0.3 is 0 Å². The van der Waals surface area contributed by atoms with Crippen molar-refractivity contribution in [1.29, 1.82) is 0 Å². The van der Waals surface area contributed by atoms with Gasteiger partial charge in [-0.2, -0.15) is 4.31 Å². The first kappa shape index (κ1) is 23.6. The second kappa shape index (κ2) is 9.61. The van der Waals surface area contributed by atoms with Crippen molar-refractivity contribution in [3.63, 3.8) is 0 Å². The predicted octanol–water partition coefficient (Wildman–Crippen LogP) is 2.67. The molecule has 0 atom stereocenters. The second-order valence-electron chi connectivity index (χ2n) is 6.84. The minimum atomic E-state index is -4.38. The number of amides is 1. The van der Waals surface area contributed by atoms with Crippen molar-refractivity contribution in [3.8, 4) is 11.5 Å². The zero-order valence-corrected chi connectivity index (χ0v) is 18.2. The number of carbonyl (C=O) groups excluding carboxylic acids is 1. The van der Waals surface area contributed by atoms with Crippen LogP contribution in [0.2, 0.25) is 0 Å². The summed E-state index contributed by atoms with van der Waals surface area (Å²) in [6.45, 7) is -0.140. The number of halogens is 3. The fourth-order valence-electron chi connectivity index (χ4n) is 3.22. The SMILES string of the molecule is COc1ccc(/C=C/C(=O)N2CCN(S(=O)(=O)c3ccc(F)c(F)c3F)CC2)c(OC)c1. The van der Waals surface area contributed by atoms with Crippen molar-refractivity contribution in [2.75, 3.05) is 40.4 Å². The van der Waals surface area contributed by atoms with Crippen molar-refractivity contribution in [1.82, 2.24) is 9.21 Å². The number of sulfonamides is 1. The standard InChI is InChI=1S/C21H21F3N2O5S/c1-30-15-5-3-14(17(13-15)31-2)4-8-19(27)25-9-11-26(12-10-25)32(28,29)18-7-6-16(22)20(23)21(18)24/h3-8,13H,9-12H2,1-2H3/b8-4+. The van der Waals surface area contributed by atoms with E-state index in [1.54, 1.807) is 24.3 Å². The number of hydrogen-bond acceptors (Lipinski definition) is 5. The molecule has 0 saturated carbocycles. The molecule has 2 aromatic carbocycles. The Morgan fingerprint density at radius 1 is 0.969 bits per heavy atom. The highest BCUT2D eigenvalue weighted by atomic mass is 32.2. The molecule has 32 heavy (non-hydrogen) atoms. The Hall–Kier alpha value is -3.05. The van der Waals surface area contributed by atoms with E-state index in [-0.39, 0.29) is 32.1 Å². The van der Waals surface area contributed by atoms with E-state index >= 15 is 0 Å². The highest BCUT2D eigenvalue weighted by molar-refractivity contribution is 7.89. The van der Waals surface area contributed by atoms with Crippen molar-refractivity contribution in [3.05, 3.63) is 59.4 Å². The Morgan fingerprint density at radius 2 is 1.66 bits per heavy atom. The Morgan fingerprint density at radius 3 is 2.28 bits per heavy atom. The smallest absolute Gasteiger partial charge is 0.246 e. The molecular weight excluding hydrogens is 449 g/mol. The summed E-state index contributed by atoms with van der Waals surface area (Å²) in [5, 5.41) is 0. The van der Waals surface area contributed by atoms with Crippen molar-refractivity contribution < 1.29 is 35.9 Å². The van der Waals surface area contributed by atoms with E-state index in [9.17, 15) is 26.4 Å². The van der Waals surface area contributed by atoms with Gasteiger partial charge in [-0.1, -0.05) is 0 Å². The van der Waals surface area contributed by atoms with E-state index in [2.05, 4.69) is 0 Å². The van der Waals surface area contributed by atoms with Gasteiger partial charge in [0, 0.05) is 43.9 Å². The van der Waals surface area contributed by atoms with Gasteiger partial charge in [0.15, 0.2) is 17.5 Å². The minimum absolute atomic E-state index is 0.0491. The van der Waals surface area contributed by atoms with E-state index in [0.29, 0.717) is 29.2 Å². The number of benzene rings is 2. The first-order chi connectivity index (χ1) is 15.2. The lowest BCUT2D eigenvalue weighted by Crippen LogP contribution is -2.50. The normalized spacial score (nSPS) is 15.2. The van der Waals surface area contributed by atoms with E-state index < -0.39 is 32.4 Å². The highest BCUT2D eigenvalue weighted by Gasteiger charge is 2.33. The van der Waals surface area contributed by atoms with Gasteiger partial charge in [0.2, 0.25) is 15.9 Å². The van der Waals surface area contributed by atoms with Crippen LogP contribution in [-0.4, -0.2) is 63.9 Å². The summed E-state index contributed by atoms with van der Waals surface area (Å²) in [6.07, 6.45) is 2.91. The van der Waals surface area contributed by atoms with Crippen molar-refractivity contribution >= 4 is 22.0 Å². The third kappa shape index (κ3) is 4.73. The summed E-state index contributed by atoms with van der Waals surface area (Å²) in [4.78, 5) is 13.0. The van der Waals surface area contributed by atoms with Gasteiger partial charge in [-0.15, -0.1) is 0 Å². The predicted molar refractivity (Wildman–Crippen MR) is 110 cm³/mol. The van der Waals surface area contributed by atoms with Crippen LogP contribution in [0.25, 0.3) is 6.08 Å². The van der Waals surface area contributed by atoms with Crippen molar-refractivity contribution in [2.24, 2.45) is 0 Å². The minimum Gasteiger partial charge on any atom is -0.497 e. The van der Waals surface area contributed by atoms with Crippen LogP contribution in [0.4, 0.5) is 13.2 Å². The van der Waals surface area contributed by atoms with Gasteiger partial charge < -0.3 is 14.4 Å². The topological polar surface area (TPSA) is 76.2 Å².